The molecule has 0 saturated carbocycles. The van der Waals surface area contributed by atoms with Crippen molar-refractivity contribution in [1.29, 1.82) is 0 Å². The Morgan fingerprint density at radius 2 is 1.93 bits per heavy atom. The molecule has 2 amide bonds. The fourth-order valence-electron chi connectivity index (χ4n) is 6.20. The summed E-state index contributed by atoms with van der Waals surface area (Å²) >= 11 is 10.0. The van der Waals surface area contributed by atoms with Crippen molar-refractivity contribution in [3.63, 3.8) is 0 Å². The van der Waals surface area contributed by atoms with Gasteiger partial charge >= 0.3 is 0 Å². The fourth-order valence-corrected chi connectivity index (χ4v) is 6.77. The van der Waals surface area contributed by atoms with Gasteiger partial charge in [0, 0.05) is 77.7 Å². The summed E-state index contributed by atoms with van der Waals surface area (Å²) in [5, 5.41) is 13.4. The van der Waals surface area contributed by atoms with Gasteiger partial charge in [-0.05, 0) is 75.6 Å². The van der Waals surface area contributed by atoms with Gasteiger partial charge in [0.15, 0.2) is 0 Å². The molecule has 2 unspecified atom stereocenters. The normalized spacial score (nSPS) is 18.3. The van der Waals surface area contributed by atoms with E-state index in [1.807, 2.05) is 29.1 Å². The molecule has 0 spiro atoms. The van der Waals surface area contributed by atoms with Crippen molar-refractivity contribution >= 4 is 39.3 Å². The van der Waals surface area contributed by atoms with Crippen molar-refractivity contribution in [2.45, 2.75) is 44.3 Å². The van der Waals surface area contributed by atoms with E-state index in [2.05, 4.69) is 43.3 Å². The van der Waals surface area contributed by atoms with E-state index in [1.54, 1.807) is 29.6 Å². The van der Waals surface area contributed by atoms with Crippen LogP contribution in [-0.4, -0.2) is 73.6 Å². The van der Waals surface area contributed by atoms with Crippen LogP contribution in [0.3, 0.4) is 0 Å². The van der Waals surface area contributed by atoms with E-state index in [9.17, 15) is 14.8 Å². The first-order valence-electron chi connectivity index (χ1n) is 14.7. The predicted octanol–water partition coefficient (Wildman–Crippen LogP) is 3.37. The monoisotopic (exact) mass is 678 g/mol. The van der Waals surface area contributed by atoms with Gasteiger partial charge in [-0.3, -0.25) is 24.7 Å². The number of nitrogens with zero attached hydrogens (tertiary/aromatic N) is 6. The molecular weight excluding hydrogens is 646 g/mol. The van der Waals surface area contributed by atoms with E-state index in [1.165, 1.54) is 18.0 Å². The van der Waals surface area contributed by atoms with Crippen LogP contribution in [0.2, 0.25) is 5.02 Å². The lowest BCUT2D eigenvalue weighted by Crippen LogP contribution is -2.61. The zero-order valence-electron chi connectivity index (χ0n) is 24.1. The molecule has 2 aliphatic rings. The number of aryl methyl sites for hydroxylation is 3. The van der Waals surface area contributed by atoms with Crippen LogP contribution < -0.4 is 10.0 Å². The van der Waals surface area contributed by atoms with E-state index in [0.717, 1.165) is 57.4 Å². The number of halogens is 2. The fraction of sp³-hybridized carbons (Fsp3) is 0.344. The lowest BCUT2D eigenvalue weighted by Gasteiger charge is -2.44. The maximum atomic E-state index is 13.8. The number of carbonyl (C=O) groups is 2. The molecule has 228 valence electrons. The van der Waals surface area contributed by atoms with Crippen LogP contribution in [0.1, 0.15) is 40.4 Å². The minimum Gasteiger partial charge on any atom is -0.354 e. The second kappa shape index (κ2) is 13.5. The molecule has 6 rings (SSSR count). The number of benzene rings is 1. The minimum atomic E-state index is -0.686. The molecule has 4 heterocycles. The van der Waals surface area contributed by atoms with E-state index in [4.69, 9.17) is 16.6 Å². The highest BCUT2D eigenvalue weighted by atomic mass is 79.9. The first-order chi connectivity index (χ1) is 21.4. The Hall–Kier alpha value is -3.80. The number of nitrogens with one attached hydrogen (secondary N) is 1. The van der Waals surface area contributed by atoms with Gasteiger partial charge in [0.05, 0.1) is 24.5 Å². The molecule has 1 fully saturated rings. The molecule has 3 aromatic heterocycles. The number of hydrogen-bond acceptors (Lipinski definition) is 6. The summed E-state index contributed by atoms with van der Waals surface area (Å²) in [5.41, 5.74) is 5.18. The Morgan fingerprint density at radius 1 is 1.11 bits per heavy atom. The quantitative estimate of drug-likeness (QED) is 0.168. The second-order valence-electron chi connectivity index (χ2n) is 11.2. The topological polar surface area (TPSA) is 107 Å². The summed E-state index contributed by atoms with van der Waals surface area (Å²) in [7, 11) is 0. The maximum Gasteiger partial charge on any atom is 0.244 e. The Labute approximate surface area is 269 Å². The van der Waals surface area contributed by atoms with Crippen LogP contribution in [0.15, 0.2) is 78.2 Å². The summed E-state index contributed by atoms with van der Waals surface area (Å²) in [5.74, 6) is -0.307. The van der Waals surface area contributed by atoms with Gasteiger partial charge in [-0.1, -0.05) is 17.7 Å². The average Bonchev–Trinajstić information content (AvgIpc) is 3.49. The first kappa shape index (κ1) is 30.2. The van der Waals surface area contributed by atoms with E-state index >= 15 is 0 Å². The summed E-state index contributed by atoms with van der Waals surface area (Å²) in [6, 6.07) is 10.7. The van der Waals surface area contributed by atoms with E-state index in [-0.39, 0.29) is 24.3 Å². The van der Waals surface area contributed by atoms with Crippen molar-refractivity contribution < 1.29 is 19.5 Å². The highest BCUT2D eigenvalue weighted by Gasteiger charge is 2.40. The van der Waals surface area contributed by atoms with Gasteiger partial charge in [0.1, 0.15) is 6.04 Å². The van der Waals surface area contributed by atoms with Crippen LogP contribution in [0.25, 0.3) is 0 Å². The van der Waals surface area contributed by atoms with Crippen LogP contribution in [0.5, 0.6) is 0 Å². The molecule has 12 heteroatoms. The average molecular weight is 680 g/mol. The second-order valence-corrected chi connectivity index (χ2v) is 12.6. The summed E-state index contributed by atoms with van der Waals surface area (Å²) in [4.78, 5) is 40.5. The summed E-state index contributed by atoms with van der Waals surface area (Å²) in [6.07, 6.45) is 12.7. The van der Waals surface area contributed by atoms with Crippen LogP contribution >= 0.6 is 27.5 Å². The Balaban J connectivity index is 1.27. The van der Waals surface area contributed by atoms with Gasteiger partial charge in [-0.15, -0.1) is 0 Å². The highest BCUT2D eigenvalue weighted by Crippen LogP contribution is 2.38. The maximum absolute atomic E-state index is 13.8. The third-order valence-electron chi connectivity index (χ3n) is 8.38. The zero-order valence-corrected chi connectivity index (χ0v) is 26.5. The predicted molar refractivity (Wildman–Crippen MR) is 167 cm³/mol. The van der Waals surface area contributed by atoms with Gasteiger partial charge in [0.25, 0.3) is 0 Å². The van der Waals surface area contributed by atoms with Crippen LogP contribution in [0.4, 0.5) is 0 Å². The number of amides is 2. The van der Waals surface area contributed by atoms with Crippen LogP contribution in [-0.2, 0) is 35.4 Å². The molecule has 1 aliphatic carbocycles. The third-order valence-corrected chi connectivity index (χ3v) is 9.05. The molecule has 10 nitrogen and oxygen atoms in total. The smallest absolute Gasteiger partial charge is 0.244 e. The third kappa shape index (κ3) is 6.80. The van der Waals surface area contributed by atoms with Gasteiger partial charge in [-0.25, -0.2) is 4.98 Å². The summed E-state index contributed by atoms with van der Waals surface area (Å²) < 4.78 is 3.84. The number of imidazole rings is 1. The van der Waals surface area contributed by atoms with E-state index < -0.39 is 6.04 Å². The van der Waals surface area contributed by atoms with E-state index in [0.29, 0.717) is 31.2 Å². The molecule has 1 aliphatic heterocycles. The SMILES string of the molecule is O=C(NCCCn1ccnc1)C1CN(C2c3ccc(Cl)cc3CCc3cc(Br)cnc32)CCN1C(=O)Cc1cc[n+](O)cc1. The Bertz CT molecular complexity index is 1580. The summed E-state index contributed by atoms with van der Waals surface area (Å²) in [6.45, 7) is 2.54. The molecular formula is C32H34BrClN7O3+. The Morgan fingerprint density at radius 3 is 2.73 bits per heavy atom. The largest absolute Gasteiger partial charge is 0.354 e. The molecule has 1 saturated heterocycles. The van der Waals surface area contributed by atoms with Gasteiger partial charge < -0.3 is 14.8 Å². The molecule has 0 bridgehead atoms. The molecule has 4 aromatic rings. The highest BCUT2D eigenvalue weighted by molar-refractivity contribution is 9.10. The number of piperazine rings is 1. The number of carbonyl (C=O) groups excluding carboxylic acids is 2. The van der Waals surface area contributed by atoms with Crippen molar-refractivity contribution in [2.75, 3.05) is 26.2 Å². The number of aromatic nitrogens is 4. The van der Waals surface area contributed by atoms with Gasteiger partial charge in [0.2, 0.25) is 24.2 Å². The number of rotatable bonds is 8. The lowest BCUT2D eigenvalue weighted by molar-refractivity contribution is -0.904. The molecule has 1 aromatic carbocycles. The zero-order chi connectivity index (χ0) is 30.6. The number of pyridine rings is 2. The number of fused-ring (bicyclic) bond motifs is 2. The number of hydrogen-bond donors (Lipinski definition) is 2. The van der Waals surface area contributed by atoms with Crippen molar-refractivity contribution in [3.8, 4) is 0 Å². The van der Waals surface area contributed by atoms with Crippen molar-refractivity contribution in [1.82, 2.24) is 29.7 Å². The standard InChI is InChI=1S/C32H33BrClN7O3/c33-25-17-24-3-2-23-18-26(34)4-5-27(23)31(30(24)37-19-25)39-14-15-41(29(42)16-22-6-11-40(44)12-7-22)28(20-39)32(43)36-8-1-10-38-13-9-35-21-38/h4-7,9,11-13,17-19,21,28,31H,1-3,8,10,14-16,20H2,(H-,36,43,44)/p+1. The van der Waals surface area contributed by atoms with Gasteiger partial charge in [-0.2, -0.15) is 0 Å². The van der Waals surface area contributed by atoms with Crippen molar-refractivity contribution in [3.05, 3.63) is 111 Å². The van der Waals surface area contributed by atoms with Crippen molar-refractivity contribution in [2.24, 2.45) is 0 Å². The molecule has 0 radical (unpaired) electrons. The Kier molecular flexibility index (Phi) is 9.25. The molecule has 2 N–H and O–H groups in total. The van der Waals surface area contributed by atoms with Crippen LogP contribution in [0, 0.1) is 0 Å². The minimum absolute atomic E-state index is 0.130. The first-order valence-corrected chi connectivity index (χ1v) is 15.9. The molecule has 44 heavy (non-hydrogen) atoms. The lowest BCUT2D eigenvalue weighted by atomic mass is 9.95. The molecule has 2 atom stereocenters.